The highest BCUT2D eigenvalue weighted by atomic mass is 127. The number of nitrogens with zero attached hydrogens (tertiary/aromatic N) is 2. The molecule has 1 amide bonds. The van der Waals surface area contributed by atoms with Gasteiger partial charge in [0.05, 0.1) is 6.61 Å². The molecule has 1 fully saturated rings. The van der Waals surface area contributed by atoms with Crippen molar-refractivity contribution in [1.29, 1.82) is 0 Å². The van der Waals surface area contributed by atoms with Gasteiger partial charge in [-0.1, -0.05) is 0 Å². The maximum atomic E-state index is 12.5. The molecule has 3 rings (SSSR count). The van der Waals surface area contributed by atoms with Crippen LogP contribution in [0.2, 0.25) is 0 Å². The van der Waals surface area contributed by atoms with E-state index in [-0.39, 0.29) is 41.9 Å². The molecule has 2 aliphatic heterocycles. The van der Waals surface area contributed by atoms with Gasteiger partial charge in [-0.25, -0.2) is 0 Å². The van der Waals surface area contributed by atoms with Crippen molar-refractivity contribution >= 4 is 47.2 Å². The van der Waals surface area contributed by atoms with Crippen LogP contribution in [-0.4, -0.2) is 68.4 Å². The van der Waals surface area contributed by atoms with Crippen LogP contribution in [0.15, 0.2) is 16.4 Å². The molecule has 1 saturated heterocycles. The van der Waals surface area contributed by atoms with E-state index in [1.54, 1.807) is 18.4 Å². The second kappa shape index (κ2) is 11.3. The van der Waals surface area contributed by atoms with E-state index in [4.69, 9.17) is 4.74 Å². The molecular weight excluding hydrogens is 491 g/mol. The molecule has 7 nitrogen and oxygen atoms in total. The second-order valence-corrected chi connectivity index (χ2v) is 8.31. The van der Waals surface area contributed by atoms with E-state index >= 15 is 0 Å². The van der Waals surface area contributed by atoms with E-state index in [0.717, 1.165) is 39.0 Å². The number of guanidine groups is 1. The highest BCUT2D eigenvalue weighted by Gasteiger charge is 2.34. The first-order valence-corrected chi connectivity index (χ1v) is 10.5. The van der Waals surface area contributed by atoms with Gasteiger partial charge in [0.25, 0.3) is 0 Å². The Hall–Kier alpha value is -0.910. The number of amides is 1. The van der Waals surface area contributed by atoms with Crippen LogP contribution in [0, 0.1) is 5.41 Å². The number of fused-ring (bicyclic) bond motifs is 1. The average molecular weight is 522 g/mol. The summed E-state index contributed by atoms with van der Waals surface area (Å²) in [5.74, 6) is 0.863. The molecule has 1 aromatic heterocycles. The minimum atomic E-state index is -0.0335. The molecule has 0 spiro atoms. The lowest BCUT2D eigenvalue weighted by Gasteiger charge is -2.28. The fourth-order valence-corrected chi connectivity index (χ4v) is 4.60. The predicted octanol–water partition coefficient (Wildman–Crippen LogP) is 1.59. The lowest BCUT2D eigenvalue weighted by molar-refractivity contribution is -0.131. The highest BCUT2D eigenvalue weighted by Crippen LogP contribution is 2.31. The number of ether oxygens (including phenoxy) is 1. The number of aliphatic hydroxyl groups excluding tert-OH is 1. The third kappa shape index (κ3) is 6.04. The third-order valence-corrected chi connectivity index (χ3v) is 6.50. The Labute approximate surface area is 188 Å². The second-order valence-electron chi connectivity index (χ2n) is 7.31. The van der Waals surface area contributed by atoms with Crippen molar-refractivity contribution in [3.63, 3.8) is 0 Å². The molecule has 2 aliphatic rings. The molecule has 0 aromatic carbocycles. The van der Waals surface area contributed by atoms with Crippen molar-refractivity contribution in [2.45, 2.75) is 32.2 Å². The molecule has 1 atom stereocenters. The zero-order valence-corrected chi connectivity index (χ0v) is 19.6. The van der Waals surface area contributed by atoms with Crippen molar-refractivity contribution in [2.75, 3.05) is 46.5 Å². The third-order valence-electron chi connectivity index (χ3n) is 5.47. The summed E-state index contributed by atoms with van der Waals surface area (Å²) in [7, 11) is 1.73. The van der Waals surface area contributed by atoms with Gasteiger partial charge in [0.1, 0.15) is 0 Å². The predicted molar refractivity (Wildman–Crippen MR) is 122 cm³/mol. The number of hydrogen-bond acceptors (Lipinski definition) is 5. The number of carbonyl (C=O) groups is 1. The number of aliphatic hydroxyl groups is 1. The molecule has 28 heavy (non-hydrogen) atoms. The number of halogens is 1. The van der Waals surface area contributed by atoms with Crippen molar-refractivity contribution in [2.24, 2.45) is 10.4 Å². The molecule has 1 aromatic rings. The summed E-state index contributed by atoms with van der Waals surface area (Å²) in [5.41, 5.74) is 1.26. The SMILES string of the molecule is CN=C(NCCC(=O)N1CCc2sccc2C1)NCC1(CCO)CCOC1.I. The van der Waals surface area contributed by atoms with E-state index in [1.165, 1.54) is 10.4 Å². The number of nitrogens with one attached hydrogen (secondary N) is 2. The summed E-state index contributed by atoms with van der Waals surface area (Å²) in [6, 6.07) is 2.12. The molecule has 0 aliphatic carbocycles. The van der Waals surface area contributed by atoms with Crippen LogP contribution in [0.25, 0.3) is 0 Å². The lowest BCUT2D eigenvalue weighted by Crippen LogP contribution is -2.45. The Morgan fingerprint density at radius 1 is 1.46 bits per heavy atom. The summed E-state index contributed by atoms with van der Waals surface area (Å²) >= 11 is 1.78. The maximum absolute atomic E-state index is 12.5. The van der Waals surface area contributed by atoms with Crippen LogP contribution in [-0.2, 0) is 22.5 Å². The summed E-state index contributed by atoms with van der Waals surface area (Å²) in [5, 5.41) is 18.0. The van der Waals surface area contributed by atoms with Crippen molar-refractivity contribution < 1.29 is 14.6 Å². The van der Waals surface area contributed by atoms with E-state index < -0.39 is 0 Å². The average Bonchev–Trinajstić information content (AvgIpc) is 3.33. The molecule has 0 radical (unpaired) electrons. The normalized spacial score (nSPS) is 21.8. The van der Waals surface area contributed by atoms with E-state index in [9.17, 15) is 9.90 Å². The lowest BCUT2D eigenvalue weighted by atomic mass is 9.84. The number of aliphatic imine (C=N–C) groups is 1. The highest BCUT2D eigenvalue weighted by molar-refractivity contribution is 14.0. The van der Waals surface area contributed by atoms with Crippen LogP contribution >= 0.6 is 35.3 Å². The van der Waals surface area contributed by atoms with Crippen LogP contribution in [0.3, 0.4) is 0 Å². The number of thiophene rings is 1. The molecule has 0 saturated carbocycles. The summed E-state index contributed by atoms with van der Waals surface area (Å²) in [4.78, 5) is 20.1. The van der Waals surface area contributed by atoms with Crippen LogP contribution in [0.4, 0.5) is 0 Å². The molecule has 1 unspecified atom stereocenters. The Bertz CT molecular complexity index is 661. The fraction of sp³-hybridized carbons (Fsp3) is 0.684. The summed E-state index contributed by atoms with van der Waals surface area (Å²) < 4.78 is 5.52. The van der Waals surface area contributed by atoms with Gasteiger partial charge in [-0.05, 0) is 36.3 Å². The number of hydrogen-bond donors (Lipinski definition) is 3. The van der Waals surface area contributed by atoms with Gasteiger partial charge in [0.2, 0.25) is 5.91 Å². The zero-order chi connectivity index (χ0) is 19.1. The standard InChI is InChI=1S/C19H30N4O3S.HI/c1-20-18(22-13-19(5-9-24)6-10-26-14-19)21-7-2-17(25)23-8-3-16-15(12-23)4-11-27-16;/h4,11,24H,2-3,5-10,12-14H2,1H3,(H2,20,21,22);1H. The van der Waals surface area contributed by atoms with Gasteiger partial charge >= 0.3 is 0 Å². The Morgan fingerprint density at radius 2 is 2.32 bits per heavy atom. The molecule has 9 heteroatoms. The molecule has 3 heterocycles. The minimum Gasteiger partial charge on any atom is -0.396 e. The molecule has 0 bridgehead atoms. The van der Waals surface area contributed by atoms with E-state index in [1.807, 2.05) is 4.90 Å². The van der Waals surface area contributed by atoms with Gasteiger partial charge in [0.15, 0.2) is 5.96 Å². The van der Waals surface area contributed by atoms with Crippen molar-refractivity contribution in [3.8, 4) is 0 Å². The topological polar surface area (TPSA) is 86.2 Å². The van der Waals surface area contributed by atoms with Gasteiger partial charge in [-0.2, -0.15) is 0 Å². The van der Waals surface area contributed by atoms with Crippen molar-refractivity contribution in [3.05, 3.63) is 21.9 Å². The van der Waals surface area contributed by atoms with Crippen molar-refractivity contribution in [1.82, 2.24) is 15.5 Å². The first-order valence-electron chi connectivity index (χ1n) is 9.62. The zero-order valence-electron chi connectivity index (χ0n) is 16.4. The monoisotopic (exact) mass is 522 g/mol. The first kappa shape index (κ1) is 23.4. The van der Waals surface area contributed by atoms with Crippen LogP contribution < -0.4 is 10.6 Å². The van der Waals surface area contributed by atoms with Gasteiger partial charge in [-0.15, -0.1) is 35.3 Å². The van der Waals surface area contributed by atoms with Crippen LogP contribution in [0.1, 0.15) is 29.7 Å². The molecule has 3 N–H and O–H groups in total. The summed E-state index contributed by atoms with van der Waals surface area (Å²) in [6.07, 6.45) is 3.07. The number of rotatable bonds is 7. The smallest absolute Gasteiger partial charge is 0.224 e. The quantitative estimate of drug-likeness (QED) is 0.288. The molecule has 158 valence electrons. The largest absolute Gasteiger partial charge is 0.396 e. The Kier molecular flexibility index (Phi) is 9.45. The van der Waals surface area contributed by atoms with E-state index in [2.05, 4.69) is 27.1 Å². The molecular formula is C19H31IN4O3S. The number of carbonyl (C=O) groups excluding carboxylic acids is 1. The van der Waals surface area contributed by atoms with Gasteiger partial charge in [-0.3, -0.25) is 9.79 Å². The van der Waals surface area contributed by atoms with Gasteiger partial charge in [0, 0.05) is 63.2 Å². The van der Waals surface area contributed by atoms with Crippen LogP contribution in [0.5, 0.6) is 0 Å². The minimum absolute atomic E-state index is 0. The fourth-order valence-electron chi connectivity index (χ4n) is 3.71. The van der Waals surface area contributed by atoms with E-state index in [0.29, 0.717) is 32.1 Å². The Morgan fingerprint density at radius 3 is 3.04 bits per heavy atom. The maximum Gasteiger partial charge on any atom is 0.224 e. The first-order chi connectivity index (χ1) is 13.2. The summed E-state index contributed by atoms with van der Waals surface area (Å²) in [6.45, 7) is 4.35. The Balaban J connectivity index is 0.00000280. The van der Waals surface area contributed by atoms with Gasteiger partial charge < -0.3 is 25.4 Å².